The molecule has 0 saturated heterocycles. The number of phenols is 1. The Hall–Kier alpha value is -2.36. The predicted octanol–water partition coefficient (Wildman–Crippen LogP) is 3.97. The number of hydrogen-bond donors (Lipinski definition) is 2. The minimum absolute atomic E-state index is 0.146. The quantitative estimate of drug-likeness (QED) is 0.844. The second kappa shape index (κ2) is 6.88. The highest BCUT2D eigenvalue weighted by atomic mass is 16.5. The molecule has 0 fully saturated rings. The van der Waals surface area contributed by atoms with Crippen molar-refractivity contribution >= 4 is 5.69 Å². The zero-order valence-corrected chi connectivity index (χ0v) is 12.6. The topological polar surface area (TPSA) is 50.7 Å². The minimum Gasteiger partial charge on any atom is -0.508 e. The second-order valence-electron chi connectivity index (χ2n) is 4.76. The van der Waals surface area contributed by atoms with Gasteiger partial charge >= 0.3 is 0 Å². The van der Waals surface area contributed by atoms with Crippen molar-refractivity contribution in [3.05, 3.63) is 48.0 Å². The van der Waals surface area contributed by atoms with E-state index in [9.17, 15) is 5.11 Å². The Labute approximate surface area is 125 Å². The molecule has 0 radical (unpaired) electrons. The van der Waals surface area contributed by atoms with Gasteiger partial charge in [0.2, 0.25) is 0 Å². The van der Waals surface area contributed by atoms with Gasteiger partial charge < -0.3 is 19.9 Å². The van der Waals surface area contributed by atoms with Crippen LogP contribution in [0.3, 0.4) is 0 Å². The molecule has 2 aromatic carbocycles. The van der Waals surface area contributed by atoms with Crippen molar-refractivity contribution in [2.24, 2.45) is 0 Å². The highest BCUT2D eigenvalue weighted by molar-refractivity contribution is 5.60. The van der Waals surface area contributed by atoms with Gasteiger partial charge in [0, 0.05) is 6.07 Å². The van der Waals surface area contributed by atoms with Crippen LogP contribution in [-0.2, 0) is 0 Å². The van der Waals surface area contributed by atoms with Crippen LogP contribution in [-0.4, -0.2) is 19.3 Å². The Kier molecular flexibility index (Phi) is 4.93. The van der Waals surface area contributed by atoms with E-state index >= 15 is 0 Å². The fourth-order valence-corrected chi connectivity index (χ4v) is 2.23. The van der Waals surface area contributed by atoms with Crippen molar-refractivity contribution in [3.8, 4) is 17.2 Å². The lowest BCUT2D eigenvalue weighted by Gasteiger charge is -2.21. The summed E-state index contributed by atoms with van der Waals surface area (Å²) in [4.78, 5) is 0. The van der Waals surface area contributed by atoms with Gasteiger partial charge in [-0.2, -0.15) is 0 Å². The fourth-order valence-electron chi connectivity index (χ4n) is 2.23. The highest BCUT2D eigenvalue weighted by Crippen LogP contribution is 2.33. The molecule has 4 nitrogen and oxygen atoms in total. The molecule has 112 valence electrons. The van der Waals surface area contributed by atoms with Crippen LogP contribution in [0.1, 0.15) is 24.9 Å². The summed E-state index contributed by atoms with van der Waals surface area (Å²) in [6.07, 6.45) is 0.917. The van der Waals surface area contributed by atoms with Gasteiger partial charge in [0.25, 0.3) is 0 Å². The molecule has 0 aliphatic carbocycles. The van der Waals surface area contributed by atoms with Crippen LogP contribution in [0.5, 0.6) is 17.2 Å². The molecule has 1 unspecified atom stereocenters. The molecule has 2 N–H and O–H groups in total. The summed E-state index contributed by atoms with van der Waals surface area (Å²) in [5.74, 6) is 1.78. The largest absolute Gasteiger partial charge is 0.508 e. The van der Waals surface area contributed by atoms with Crippen molar-refractivity contribution < 1.29 is 14.6 Å². The lowest BCUT2D eigenvalue weighted by atomic mass is 10.0. The summed E-state index contributed by atoms with van der Waals surface area (Å²) in [7, 11) is 3.27. The van der Waals surface area contributed by atoms with Crippen molar-refractivity contribution in [2.75, 3.05) is 19.5 Å². The Morgan fingerprint density at radius 3 is 2.33 bits per heavy atom. The number of nitrogens with one attached hydrogen (secondary N) is 1. The molecular weight excluding hydrogens is 266 g/mol. The average Bonchev–Trinajstić information content (AvgIpc) is 2.53. The van der Waals surface area contributed by atoms with E-state index < -0.39 is 0 Å². The van der Waals surface area contributed by atoms with Gasteiger partial charge in [0.05, 0.1) is 25.9 Å². The molecule has 0 aromatic heterocycles. The van der Waals surface area contributed by atoms with Crippen molar-refractivity contribution in [1.82, 2.24) is 0 Å². The number of anilines is 1. The van der Waals surface area contributed by atoms with Crippen molar-refractivity contribution in [2.45, 2.75) is 19.4 Å². The molecule has 0 bridgehead atoms. The third-order valence-electron chi connectivity index (χ3n) is 3.44. The second-order valence-corrected chi connectivity index (χ2v) is 4.76. The summed E-state index contributed by atoms with van der Waals surface area (Å²) in [6.45, 7) is 2.11. The first-order chi connectivity index (χ1) is 10.2. The SMILES string of the molecule is CCC(Nc1ccc(OC)cc1OC)c1ccc(O)cc1. The molecule has 1 atom stereocenters. The van der Waals surface area contributed by atoms with Crippen LogP contribution in [0.2, 0.25) is 0 Å². The Balaban J connectivity index is 2.24. The normalized spacial score (nSPS) is 11.8. The molecular formula is C17H21NO3. The van der Waals surface area contributed by atoms with Gasteiger partial charge in [-0.15, -0.1) is 0 Å². The van der Waals surface area contributed by atoms with Crippen molar-refractivity contribution in [3.63, 3.8) is 0 Å². The number of methoxy groups -OCH3 is 2. The van der Waals surface area contributed by atoms with Gasteiger partial charge in [0.1, 0.15) is 17.2 Å². The number of aromatic hydroxyl groups is 1. The molecule has 0 saturated carbocycles. The van der Waals surface area contributed by atoms with Gasteiger partial charge in [-0.25, -0.2) is 0 Å². The lowest BCUT2D eigenvalue weighted by Crippen LogP contribution is -2.10. The molecule has 4 heteroatoms. The first-order valence-corrected chi connectivity index (χ1v) is 6.95. The first-order valence-electron chi connectivity index (χ1n) is 6.95. The van der Waals surface area contributed by atoms with Crippen LogP contribution in [0, 0.1) is 0 Å². The van der Waals surface area contributed by atoms with E-state index in [1.165, 1.54) is 0 Å². The molecule has 0 heterocycles. The predicted molar refractivity (Wildman–Crippen MR) is 84.3 cm³/mol. The van der Waals surface area contributed by atoms with E-state index in [2.05, 4.69) is 12.2 Å². The standard InChI is InChI=1S/C17H21NO3/c1-4-15(12-5-7-13(19)8-6-12)18-16-10-9-14(20-2)11-17(16)21-3/h5-11,15,18-19H,4H2,1-3H3. The van der Waals surface area contributed by atoms with E-state index in [1.54, 1.807) is 26.4 Å². The van der Waals surface area contributed by atoms with E-state index in [0.717, 1.165) is 29.2 Å². The molecule has 2 rings (SSSR count). The lowest BCUT2D eigenvalue weighted by molar-refractivity contribution is 0.395. The number of hydrogen-bond acceptors (Lipinski definition) is 4. The molecule has 0 aliphatic rings. The van der Waals surface area contributed by atoms with E-state index in [0.29, 0.717) is 0 Å². The molecule has 21 heavy (non-hydrogen) atoms. The number of ether oxygens (including phenoxy) is 2. The zero-order chi connectivity index (χ0) is 15.2. The van der Waals surface area contributed by atoms with Gasteiger partial charge in [-0.1, -0.05) is 19.1 Å². The zero-order valence-electron chi connectivity index (χ0n) is 12.6. The van der Waals surface area contributed by atoms with Gasteiger partial charge in [0.15, 0.2) is 0 Å². The maximum atomic E-state index is 9.39. The number of phenolic OH excluding ortho intramolecular Hbond substituents is 1. The summed E-state index contributed by atoms with van der Waals surface area (Å²) in [5, 5.41) is 12.9. The summed E-state index contributed by atoms with van der Waals surface area (Å²) < 4.78 is 10.6. The fraction of sp³-hybridized carbons (Fsp3) is 0.294. The van der Waals surface area contributed by atoms with E-state index in [4.69, 9.17) is 9.47 Å². The van der Waals surface area contributed by atoms with E-state index in [1.807, 2.05) is 30.3 Å². The Bertz CT molecular complexity index is 581. The maximum absolute atomic E-state index is 9.39. The average molecular weight is 287 g/mol. The molecule has 0 spiro atoms. The Morgan fingerprint density at radius 2 is 1.76 bits per heavy atom. The highest BCUT2D eigenvalue weighted by Gasteiger charge is 2.12. The molecule has 2 aromatic rings. The van der Waals surface area contributed by atoms with Crippen LogP contribution >= 0.6 is 0 Å². The van der Waals surface area contributed by atoms with E-state index in [-0.39, 0.29) is 11.8 Å². The van der Waals surface area contributed by atoms with Crippen LogP contribution in [0.4, 0.5) is 5.69 Å². The van der Waals surface area contributed by atoms with Gasteiger partial charge in [-0.05, 0) is 36.2 Å². The number of benzene rings is 2. The monoisotopic (exact) mass is 287 g/mol. The van der Waals surface area contributed by atoms with Crippen LogP contribution < -0.4 is 14.8 Å². The van der Waals surface area contributed by atoms with Crippen LogP contribution in [0.25, 0.3) is 0 Å². The first kappa shape index (κ1) is 15.0. The maximum Gasteiger partial charge on any atom is 0.145 e. The third kappa shape index (κ3) is 3.60. The minimum atomic E-state index is 0.146. The third-order valence-corrected chi connectivity index (χ3v) is 3.44. The summed E-state index contributed by atoms with van der Waals surface area (Å²) in [5.41, 5.74) is 2.03. The van der Waals surface area contributed by atoms with Crippen LogP contribution in [0.15, 0.2) is 42.5 Å². The molecule has 0 aliphatic heterocycles. The summed E-state index contributed by atoms with van der Waals surface area (Å²) in [6, 6.07) is 13.1. The van der Waals surface area contributed by atoms with Crippen molar-refractivity contribution in [1.29, 1.82) is 0 Å². The summed E-state index contributed by atoms with van der Waals surface area (Å²) >= 11 is 0. The molecule has 0 amide bonds. The Morgan fingerprint density at radius 1 is 1.05 bits per heavy atom. The smallest absolute Gasteiger partial charge is 0.145 e. The van der Waals surface area contributed by atoms with Gasteiger partial charge in [-0.3, -0.25) is 0 Å². The number of rotatable bonds is 6.